The zero-order valence-corrected chi connectivity index (χ0v) is 9.21. The molecule has 2 rings (SSSR count). The standard InChI is InChI=1S/C13H11F2NO/c1-17-9-3-4-10(11(14)7-9)8-2-5-13(16)12(15)6-8/h2-7H,16H2,1H3. The molecule has 0 bridgehead atoms. The number of nitrogen functional groups attached to an aromatic ring is 1. The van der Waals surface area contributed by atoms with Gasteiger partial charge in [-0.05, 0) is 29.8 Å². The van der Waals surface area contributed by atoms with E-state index in [1.165, 1.54) is 25.3 Å². The average molecular weight is 235 g/mol. The zero-order chi connectivity index (χ0) is 12.4. The molecule has 0 aliphatic rings. The fraction of sp³-hybridized carbons (Fsp3) is 0.0769. The summed E-state index contributed by atoms with van der Waals surface area (Å²) in [6, 6.07) is 8.60. The number of nitrogens with two attached hydrogens (primary N) is 1. The van der Waals surface area contributed by atoms with E-state index in [1.807, 2.05) is 0 Å². The molecule has 0 aliphatic heterocycles. The molecule has 0 unspecified atom stereocenters. The highest BCUT2D eigenvalue weighted by Crippen LogP contribution is 2.27. The molecule has 0 aromatic heterocycles. The van der Waals surface area contributed by atoms with Crippen molar-refractivity contribution in [1.29, 1.82) is 0 Å². The lowest BCUT2D eigenvalue weighted by Crippen LogP contribution is -1.92. The monoisotopic (exact) mass is 235 g/mol. The molecule has 0 saturated carbocycles. The number of anilines is 1. The first kappa shape index (κ1) is 11.4. The van der Waals surface area contributed by atoms with E-state index in [0.29, 0.717) is 16.9 Å². The van der Waals surface area contributed by atoms with Crippen molar-refractivity contribution >= 4 is 5.69 Å². The first-order valence-corrected chi connectivity index (χ1v) is 5.01. The van der Waals surface area contributed by atoms with E-state index in [9.17, 15) is 8.78 Å². The number of methoxy groups -OCH3 is 1. The third kappa shape index (κ3) is 2.20. The van der Waals surface area contributed by atoms with Gasteiger partial charge >= 0.3 is 0 Å². The average Bonchev–Trinajstić information content (AvgIpc) is 2.32. The van der Waals surface area contributed by atoms with Crippen molar-refractivity contribution in [3.05, 3.63) is 48.0 Å². The molecule has 4 heteroatoms. The zero-order valence-electron chi connectivity index (χ0n) is 9.21. The number of benzene rings is 2. The minimum absolute atomic E-state index is 0.0441. The minimum atomic E-state index is -0.558. The van der Waals surface area contributed by atoms with Crippen molar-refractivity contribution in [3.8, 4) is 16.9 Å². The summed E-state index contributed by atoms with van der Waals surface area (Å²) in [5.41, 5.74) is 6.16. The van der Waals surface area contributed by atoms with Crippen LogP contribution in [-0.4, -0.2) is 7.11 Å². The first-order chi connectivity index (χ1) is 8.11. The maximum Gasteiger partial charge on any atom is 0.146 e. The summed E-state index contributed by atoms with van der Waals surface area (Å²) in [5, 5.41) is 0. The molecule has 0 spiro atoms. The molecular formula is C13H11F2NO. The molecule has 0 atom stereocenters. The van der Waals surface area contributed by atoms with E-state index in [4.69, 9.17) is 10.5 Å². The van der Waals surface area contributed by atoms with Crippen molar-refractivity contribution in [3.63, 3.8) is 0 Å². The van der Waals surface area contributed by atoms with E-state index in [2.05, 4.69) is 0 Å². The predicted octanol–water partition coefficient (Wildman–Crippen LogP) is 3.22. The molecule has 2 N–H and O–H groups in total. The second kappa shape index (κ2) is 4.41. The number of hydrogen-bond donors (Lipinski definition) is 1. The van der Waals surface area contributed by atoms with Gasteiger partial charge in [0.2, 0.25) is 0 Å². The van der Waals surface area contributed by atoms with Gasteiger partial charge in [-0.15, -0.1) is 0 Å². The van der Waals surface area contributed by atoms with Crippen LogP contribution in [0.25, 0.3) is 11.1 Å². The molecule has 2 aromatic rings. The molecule has 0 heterocycles. The van der Waals surface area contributed by atoms with E-state index < -0.39 is 11.6 Å². The third-order valence-electron chi connectivity index (χ3n) is 2.49. The number of halogens is 2. The SMILES string of the molecule is COc1ccc(-c2ccc(N)c(F)c2)c(F)c1. The Hall–Kier alpha value is -2.10. The lowest BCUT2D eigenvalue weighted by molar-refractivity contribution is 0.411. The third-order valence-corrected chi connectivity index (χ3v) is 2.49. The summed E-state index contributed by atoms with van der Waals surface area (Å²) in [6.07, 6.45) is 0. The summed E-state index contributed by atoms with van der Waals surface area (Å²) < 4.78 is 31.9. The Morgan fingerprint density at radius 3 is 2.35 bits per heavy atom. The highest BCUT2D eigenvalue weighted by atomic mass is 19.1. The van der Waals surface area contributed by atoms with E-state index in [-0.39, 0.29) is 5.69 Å². The van der Waals surface area contributed by atoms with Crippen molar-refractivity contribution in [2.45, 2.75) is 0 Å². The van der Waals surface area contributed by atoms with Gasteiger partial charge in [-0.1, -0.05) is 6.07 Å². The fourth-order valence-corrected chi connectivity index (χ4v) is 1.55. The lowest BCUT2D eigenvalue weighted by Gasteiger charge is -2.06. The van der Waals surface area contributed by atoms with E-state index in [0.717, 1.165) is 0 Å². The Kier molecular flexibility index (Phi) is 2.95. The first-order valence-electron chi connectivity index (χ1n) is 5.01. The van der Waals surface area contributed by atoms with Crippen LogP contribution in [0.2, 0.25) is 0 Å². The van der Waals surface area contributed by atoms with Gasteiger partial charge in [0.05, 0.1) is 12.8 Å². The summed E-state index contributed by atoms with van der Waals surface area (Å²) >= 11 is 0. The number of hydrogen-bond acceptors (Lipinski definition) is 2. The maximum atomic E-state index is 13.7. The summed E-state index contributed by atoms with van der Waals surface area (Å²) in [7, 11) is 1.46. The van der Waals surface area contributed by atoms with Crippen molar-refractivity contribution in [1.82, 2.24) is 0 Å². The fourth-order valence-electron chi connectivity index (χ4n) is 1.55. The molecule has 2 nitrogen and oxygen atoms in total. The highest BCUT2D eigenvalue weighted by molar-refractivity contribution is 5.67. The van der Waals surface area contributed by atoms with Crippen molar-refractivity contribution in [2.24, 2.45) is 0 Å². The summed E-state index contributed by atoms with van der Waals surface area (Å²) in [6.45, 7) is 0. The number of ether oxygens (including phenoxy) is 1. The molecule has 0 aliphatic carbocycles. The molecule has 0 saturated heterocycles. The van der Waals surface area contributed by atoms with Crippen LogP contribution in [0.15, 0.2) is 36.4 Å². The normalized spacial score (nSPS) is 10.3. The van der Waals surface area contributed by atoms with Crippen LogP contribution in [0.1, 0.15) is 0 Å². The van der Waals surface area contributed by atoms with Crippen LogP contribution >= 0.6 is 0 Å². The van der Waals surface area contributed by atoms with Gasteiger partial charge in [0.25, 0.3) is 0 Å². The van der Waals surface area contributed by atoms with Crippen LogP contribution in [0.4, 0.5) is 14.5 Å². The van der Waals surface area contributed by atoms with Gasteiger partial charge < -0.3 is 10.5 Å². The molecule has 88 valence electrons. The van der Waals surface area contributed by atoms with Gasteiger partial charge in [0, 0.05) is 11.6 Å². The van der Waals surface area contributed by atoms with E-state index in [1.54, 1.807) is 18.2 Å². The largest absolute Gasteiger partial charge is 0.497 e. The van der Waals surface area contributed by atoms with Crippen LogP contribution in [0.5, 0.6) is 5.75 Å². The topological polar surface area (TPSA) is 35.2 Å². The van der Waals surface area contributed by atoms with Crippen LogP contribution in [0.3, 0.4) is 0 Å². The minimum Gasteiger partial charge on any atom is -0.497 e. The molecule has 17 heavy (non-hydrogen) atoms. The molecule has 0 radical (unpaired) electrons. The van der Waals surface area contributed by atoms with Gasteiger partial charge in [-0.25, -0.2) is 8.78 Å². The maximum absolute atomic E-state index is 13.7. The van der Waals surface area contributed by atoms with Gasteiger partial charge in [-0.2, -0.15) is 0 Å². The Morgan fingerprint density at radius 2 is 1.76 bits per heavy atom. The Bertz CT molecular complexity index is 555. The quantitative estimate of drug-likeness (QED) is 0.811. The van der Waals surface area contributed by atoms with E-state index >= 15 is 0 Å². The number of rotatable bonds is 2. The van der Waals surface area contributed by atoms with Gasteiger partial charge in [0.1, 0.15) is 17.4 Å². The lowest BCUT2D eigenvalue weighted by atomic mass is 10.0. The van der Waals surface area contributed by atoms with Crippen LogP contribution in [0, 0.1) is 11.6 Å². The predicted molar refractivity (Wildman–Crippen MR) is 62.8 cm³/mol. The second-order valence-electron chi connectivity index (χ2n) is 3.58. The molecule has 0 amide bonds. The Balaban J connectivity index is 2.49. The van der Waals surface area contributed by atoms with Gasteiger partial charge in [0.15, 0.2) is 0 Å². The van der Waals surface area contributed by atoms with Crippen molar-refractivity contribution < 1.29 is 13.5 Å². The summed E-state index contributed by atoms with van der Waals surface area (Å²) in [5.74, 6) is -0.603. The Morgan fingerprint density at radius 1 is 1.00 bits per heavy atom. The molecular weight excluding hydrogens is 224 g/mol. The van der Waals surface area contributed by atoms with Gasteiger partial charge in [-0.3, -0.25) is 0 Å². The molecule has 2 aromatic carbocycles. The smallest absolute Gasteiger partial charge is 0.146 e. The second-order valence-corrected chi connectivity index (χ2v) is 3.58. The van der Waals surface area contributed by atoms with Crippen LogP contribution < -0.4 is 10.5 Å². The molecule has 0 fully saturated rings. The summed E-state index contributed by atoms with van der Waals surface area (Å²) in [4.78, 5) is 0. The Labute approximate surface area is 97.6 Å². The highest BCUT2D eigenvalue weighted by Gasteiger charge is 2.08. The van der Waals surface area contributed by atoms with Crippen molar-refractivity contribution in [2.75, 3.05) is 12.8 Å². The van der Waals surface area contributed by atoms with Crippen LogP contribution in [-0.2, 0) is 0 Å².